The van der Waals surface area contributed by atoms with Gasteiger partial charge in [-0.15, -0.1) is 0 Å². The minimum absolute atomic E-state index is 0.571. The van der Waals surface area contributed by atoms with E-state index in [2.05, 4.69) is 67.1 Å². The molecule has 2 N–H and O–H groups in total. The molecule has 1 fully saturated rings. The van der Waals surface area contributed by atoms with Crippen molar-refractivity contribution in [3.63, 3.8) is 0 Å². The van der Waals surface area contributed by atoms with Gasteiger partial charge in [0.15, 0.2) is 0 Å². The fourth-order valence-corrected chi connectivity index (χ4v) is 3.40. The summed E-state index contributed by atoms with van der Waals surface area (Å²) in [5, 5.41) is 2.61. The highest BCUT2D eigenvalue weighted by Crippen LogP contribution is 2.31. The molecule has 0 aromatic heterocycles. The number of benzene rings is 2. The number of likely N-dealkylation sites (N-methyl/N-ethyl adjacent to an activating group) is 1. The van der Waals surface area contributed by atoms with Crippen LogP contribution >= 0.6 is 0 Å². The Kier molecular flexibility index (Phi) is 3.87. The summed E-state index contributed by atoms with van der Waals surface area (Å²) < 4.78 is 0. The van der Waals surface area contributed by atoms with Crippen LogP contribution in [0.15, 0.2) is 36.4 Å². The Labute approximate surface area is 127 Å². The molecule has 0 spiro atoms. The average Bonchev–Trinajstić information content (AvgIpc) is 2.51. The van der Waals surface area contributed by atoms with Crippen LogP contribution in [0.25, 0.3) is 10.8 Å². The van der Waals surface area contributed by atoms with E-state index in [-0.39, 0.29) is 0 Å². The fourth-order valence-electron chi connectivity index (χ4n) is 3.40. The van der Waals surface area contributed by atoms with Gasteiger partial charge in [-0.3, -0.25) is 4.90 Å². The number of fused-ring (bicyclic) bond motifs is 1. The Morgan fingerprint density at radius 2 is 1.62 bits per heavy atom. The third kappa shape index (κ3) is 2.52. The number of piperazine rings is 1. The summed E-state index contributed by atoms with van der Waals surface area (Å²) in [5.41, 5.74) is 8.46. The third-order valence-electron chi connectivity index (χ3n) is 4.91. The van der Waals surface area contributed by atoms with Crippen molar-refractivity contribution in [3.05, 3.63) is 42.0 Å². The van der Waals surface area contributed by atoms with E-state index in [1.54, 1.807) is 0 Å². The summed E-state index contributed by atoms with van der Waals surface area (Å²) in [4.78, 5) is 4.99. The molecule has 1 aliphatic rings. The predicted octanol–water partition coefficient (Wildman–Crippen LogP) is 2.83. The van der Waals surface area contributed by atoms with Crippen molar-refractivity contribution in [3.8, 4) is 0 Å². The molecule has 2 aromatic rings. The van der Waals surface area contributed by atoms with Gasteiger partial charge in [-0.05, 0) is 37.9 Å². The maximum Gasteiger partial charge on any atom is 0.0447 e. The van der Waals surface area contributed by atoms with Crippen LogP contribution in [0.3, 0.4) is 0 Å². The van der Waals surface area contributed by atoms with E-state index < -0.39 is 0 Å². The molecule has 3 rings (SSSR count). The predicted molar refractivity (Wildman–Crippen MR) is 90.7 cm³/mol. The van der Waals surface area contributed by atoms with Crippen molar-refractivity contribution >= 4 is 16.5 Å². The molecule has 1 heterocycles. The van der Waals surface area contributed by atoms with Crippen molar-refractivity contribution in [2.24, 2.45) is 5.73 Å². The molecule has 2 aromatic carbocycles. The number of nitrogens with two attached hydrogens (primary N) is 1. The highest BCUT2D eigenvalue weighted by molar-refractivity contribution is 5.96. The van der Waals surface area contributed by atoms with Crippen molar-refractivity contribution in [1.29, 1.82) is 0 Å². The van der Waals surface area contributed by atoms with Gasteiger partial charge in [0.2, 0.25) is 0 Å². The van der Waals surface area contributed by atoms with Gasteiger partial charge in [-0.1, -0.05) is 30.3 Å². The molecule has 112 valence electrons. The van der Waals surface area contributed by atoms with Gasteiger partial charge in [0.1, 0.15) is 0 Å². The minimum atomic E-state index is 0.571. The molecule has 0 saturated carbocycles. The van der Waals surface area contributed by atoms with Crippen LogP contribution in [-0.2, 0) is 6.54 Å². The van der Waals surface area contributed by atoms with Gasteiger partial charge < -0.3 is 10.6 Å². The van der Waals surface area contributed by atoms with E-state index >= 15 is 0 Å². The summed E-state index contributed by atoms with van der Waals surface area (Å²) in [6.45, 7) is 7.36. The summed E-state index contributed by atoms with van der Waals surface area (Å²) in [6, 6.07) is 14.2. The Hall–Kier alpha value is -1.58. The molecule has 2 atom stereocenters. The monoisotopic (exact) mass is 283 g/mol. The average molecular weight is 283 g/mol. The SMILES string of the molecule is CC1CN(c2ccc(CN)c3ccccc23)CC(C)N1C. The lowest BCUT2D eigenvalue weighted by molar-refractivity contribution is 0.170. The summed E-state index contributed by atoms with van der Waals surface area (Å²) in [5.74, 6) is 0. The van der Waals surface area contributed by atoms with Crippen molar-refractivity contribution in [1.82, 2.24) is 4.90 Å². The first-order valence-corrected chi connectivity index (χ1v) is 7.79. The van der Waals surface area contributed by atoms with E-state index in [0.717, 1.165) is 13.1 Å². The standard InChI is InChI=1S/C18H25N3/c1-13-11-21(12-14(2)20(13)3)18-9-8-15(10-19)16-6-4-5-7-17(16)18/h4-9,13-14H,10-12,19H2,1-3H3. The van der Waals surface area contributed by atoms with E-state index in [9.17, 15) is 0 Å². The first kappa shape index (κ1) is 14.4. The molecular weight excluding hydrogens is 258 g/mol. The van der Waals surface area contributed by atoms with Gasteiger partial charge >= 0.3 is 0 Å². The van der Waals surface area contributed by atoms with Crippen LogP contribution in [0.5, 0.6) is 0 Å². The molecular formula is C18H25N3. The molecule has 0 bridgehead atoms. The molecule has 0 aliphatic carbocycles. The zero-order chi connectivity index (χ0) is 15.0. The van der Waals surface area contributed by atoms with E-state index in [1.807, 2.05) is 0 Å². The largest absolute Gasteiger partial charge is 0.368 e. The second-order valence-corrected chi connectivity index (χ2v) is 6.26. The lowest BCUT2D eigenvalue weighted by Gasteiger charge is -2.44. The fraction of sp³-hybridized carbons (Fsp3) is 0.444. The second kappa shape index (κ2) is 5.66. The first-order chi connectivity index (χ1) is 10.1. The van der Waals surface area contributed by atoms with E-state index in [4.69, 9.17) is 5.73 Å². The van der Waals surface area contributed by atoms with Crippen LogP contribution in [0.1, 0.15) is 19.4 Å². The van der Waals surface area contributed by atoms with E-state index in [1.165, 1.54) is 22.0 Å². The van der Waals surface area contributed by atoms with Crippen LogP contribution in [0.2, 0.25) is 0 Å². The van der Waals surface area contributed by atoms with E-state index in [0.29, 0.717) is 18.6 Å². The zero-order valence-electron chi connectivity index (χ0n) is 13.2. The Balaban J connectivity index is 2.05. The van der Waals surface area contributed by atoms with Gasteiger partial charge in [-0.2, -0.15) is 0 Å². The van der Waals surface area contributed by atoms with Crippen LogP contribution in [-0.4, -0.2) is 37.1 Å². The van der Waals surface area contributed by atoms with Crippen molar-refractivity contribution < 1.29 is 0 Å². The van der Waals surface area contributed by atoms with Gasteiger partial charge in [0.25, 0.3) is 0 Å². The number of rotatable bonds is 2. The smallest absolute Gasteiger partial charge is 0.0447 e. The molecule has 1 saturated heterocycles. The summed E-state index contributed by atoms with van der Waals surface area (Å²) in [7, 11) is 2.22. The van der Waals surface area contributed by atoms with Gasteiger partial charge in [0, 0.05) is 42.8 Å². The number of hydrogen-bond acceptors (Lipinski definition) is 3. The lowest BCUT2D eigenvalue weighted by atomic mass is 10.0. The summed E-state index contributed by atoms with van der Waals surface area (Å²) in [6.07, 6.45) is 0. The van der Waals surface area contributed by atoms with Crippen molar-refractivity contribution in [2.45, 2.75) is 32.5 Å². The quantitative estimate of drug-likeness (QED) is 0.920. The highest BCUT2D eigenvalue weighted by atomic mass is 15.3. The lowest BCUT2D eigenvalue weighted by Crippen LogP contribution is -2.55. The van der Waals surface area contributed by atoms with Gasteiger partial charge in [-0.25, -0.2) is 0 Å². The molecule has 0 amide bonds. The summed E-state index contributed by atoms with van der Waals surface area (Å²) >= 11 is 0. The maximum absolute atomic E-state index is 5.89. The van der Waals surface area contributed by atoms with Crippen LogP contribution in [0, 0.1) is 0 Å². The van der Waals surface area contributed by atoms with Gasteiger partial charge in [0.05, 0.1) is 0 Å². The Bertz CT molecular complexity index is 625. The minimum Gasteiger partial charge on any atom is -0.368 e. The number of anilines is 1. The Morgan fingerprint density at radius 1 is 1.00 bits per heavy atom. The number of hydrogen-bond donors (Lipinski definition) is 1. The molecule has 3 heteroatoms. The second-order valence-electron chi connectivity index (χ2n) is 6.26. The molecule has 21 heavy (non-hydrogen) atoms. The maximum atomic E-state index is 5.89. The molecule has 0 radical (unpaired) electrons. The number of nitrogens with zero attached hydrogens (tertiary/aromatic N) is 2. The Morgan fingerprint density at radius 3 is 2.24 bits per heavy atom. The highest BCUT2D eigenvalue weighted by Gasteiger charge is 2.27. The van der Waals surface area contributed by atoms with Crippen LogP contribution in [0.4, 0.5) is 5.69 Å². The molecule has 3 nitrogen and oxygen atoms in total. The first-order valence-electron chi connectivity index (χ1n) is 7.79. The topological polar surface area (TPSA) is 32.5 Å². The molecule has 2 unspecified atom stereocenters. The third-order valence-corrected chi connectivity index (χ3v) is 4.91. The normalized spacial score (nSPS) is 23.7. The van der Waals surface area contributed by atoms with Crippen molar-refractivity contribution in [2.75, 3.05) is 25.0 Å². The van der Waals surface area contributed by atoms with Crippen LogP contribution < -0.4 is 10.6 Å². The molecule has 1 aliphatic heterocycles. The zero-order valence-corrected chi connectivity index (χ0v) is 13.2.